The lowest BCUT2D eigenvalue weighted by atomic mass is 9.99. The van der Waals surface area contributed by atoms with Gasteiger partial charge in [0.1, 0.15) is 12.2 Å². The van der Waals surface area contributed by atoms with Crippen molar-refractivity contribution in [2.45, 2.75) is 282 Å². The molecule has 6 nitrogen and oxygen atoms in total. The Bertz CT molecular complexity index is 706. The van der Waals surface area contributed by atoms with Crippen LogP contribution in [0.4, 0.5) is 0 Å². The van der Waals surface area contributed by atoms with Crippen LogP contribution in [0, 0.1) is 0 Å². The van der Waals surface area contributed by atoms with Crippen LogP contribution in [0.25, 0.3) is 0 Å². The molecule has 0 saturated carbocycles. The normalized spacial score (nSPS) is 14.0. The maximum Gasteiger partial charge on any atom is 0.249 e. The highest BCUT2D eigenvalue weighted by Gasteiger charge is 2.28. The molecule has 312 valence electrons. The van der Waals surface area contributed by atoms with Gasteiger partial charge in [-0.2, -0.15) is 0 Å². The number of unbranched alkanes of at least 4 members (excludes halogenated alkanes) is 34. The molecule has 52 heavy (non-hydrogen) atoms. The Morgan fingerprint density at radius 2 is 0.654 bits per heavy atom. The molecule has 0 aromatic heterocycles. The minimum absolute atomic E-state index is 0.374. The average Bonchev–Trinajstić information content (AvgIpc) is 3.15. The van der Waals surface area contributed by atoms with Crippen LogP contribution in [0.15, 0.2) is 0 Å². The number of carbonyl (C=O) groups is 1. The molecule has 0 radical (unpaired) electrons. The monoisotopic (exact) mass is 740 g/mol. The molecule has 0 saturated heterocycles. The maximum absolute atomic E-state index is 12.5. The van der Waals surface area contributed by atoms with E-state index >= 15 is 0 Å². The van der Waals surface area contributed by atoms with E-state index in [0.717, 1.165) is 38.5 Å². The first-order valence-electron chi connectivity index (χ1n) is 23.4. The van der Waals surface area contributed by atoms with Crippen LogP contribution in [-0.4, -0.2) is 57.3 Å². The van der Waals surface area contributed by atoms with Crippen molar-refractivity contribution in [1.82, 2.24) is 5.32 Å². The Balaban J connectivity index is 3.60. The molecule has 0 aliphatic heterocycles. The lowest BCUT2D eigenvalue weighted by molar-refractivity contribution is -0.132. The van der Waals surface area contributed by atoms with Crippen molar-refractivity contribution in [3.8, 4) is 0 Å². The SMILES string of the molecule is CCCCCCCCCCCCCCCCCCCCCCCCCCCC(O)C(O)C(CO)NC(=O)C(O)CCCCCCCCCCCCC. The predicted molar refractivity (Wildman–Crippen MR) is 224 cm³/mol. The fourth-order valence-corrected chi connectivity index (χ4v) is 7.58. The van der Waals surface area contributed by atoms with Crippen molar-refractivity contribution in [3.63, 3.8) is 0 Å². The number of aliphatic hydroxyl groups excluding tert-OH is 4. The van der Waals surface area contributed by atoms with Crippen molar-refractivity contribution in [1.29, 1.82) is 0 Å². The van der Waals surface area contributed by atoms with E-state index < -0.39 is 36.9 Å². The molecule has 6 heteroatoms. The highest BCUT2D eigenvalue weighted by atomic mass is 16.3. The van der Waals surface area contributed by atoms with E-state index in [0.29, 0.717) is 12.8 Å². The molecular formula is C46H93NO5. The van der Waals surface area contributed by atoms with E-state index in [4.69, 9.17) is 0 Å². The number of rotatable bonds is 43. The summed E-state index contributed by atoms with van der Waals surface area (Å²) in [5.74, 6) is -0.581. The lowest BCUT2D eigenvalue weighted by Gasteiger charge is -2.27. The van der Waals surface area contributed by atoms with Crippen LogP contribution < -0.4 is 5.32 Å². The summed E-state index contributed by atoms with van der Waals surface area (Å²) < 4.78 is 0. The summed E-state index contributed by atoms with van der Waals surface area (Å²) in [7, 11) is 0. The van der Waals surface area contributed by atoms with Gasteiger partial charge < -0.3 is 25.7 Å². The van der Waals surface area contributed by atoms with Crippen LogP contribution in [-0.2, 0) is 4.79 Å². The summed E-state index contributed by atoms with van der Waals surface area (Å²) in [6, 6.07) is -0.978. The summed E-state index contributed by atoms with van der Waals surface area (Å²) in [6.07, 6.45) is 44.4. The maximum atomic E-state index is 12.5. The zero-order valence-electron chi connectivity index (χ0n) is 35.1. The summed E-state index contributed by atoms with van der Waals surface area (Å²) in [5, 5.41) is 43.7. The number of hydrogen-bond donors (Lipinski definition) is 5. The number of carbonyl (C=O) groups excluding carboxylic acids is 1. The third kappa shape index (κ3) is 35.0. The second kappa shape index (κ2) is 41.5. The summed E-state index contributed by atoms with van der Waals surface area (Å²) >= 11 is 0. The van der Waals surface area contributed by atoms with Crippen LogP contribution >= 0.6 is 0 Å². The molecule has 0 aromatic carbocycles. The minimum Gasteiger partial charge on any atom is -0.394 e. The number of amides is 1. The van der Waals surface area contributed by atoms with E-state index in [9.17, 15) is 25.2 Å². The molecule has 0 aromatic rings. The fraction of sp³-hybridized carbons (Fsp3) is 0.978. The molecule has 0 aliphatic rings. The van der Waals surface area contributed by atoms with Crippen molar-refractivity contribution in [2.75, 3.05) is 6.61 Å². The first-order valence-corrected chi connectivity index (χ1v) is 23.4. The quantitative estimate of drug-likeness (QED) is 0.0400. The Kier molecular flexibility index (Phi) is 40.9. The average molecular weight is 740 g/mol. The van der Waals surface area contributed by atoms with E-state index in [1.165, 1.54) is 193 Å². The molecule has 0 heterocycles. The van der Waals surface area contributed by atoms with E-state index in [2.05, 4.69) is 19.2 Å². The molecule has 0 fully saturated rings. The zero-order chi connectivity index (χ0) is 38.2. The van der Waals surface area contributed by atoms with Crippen molar-refractivity contribution in [3.05, 3.63) is 0 Å². The van der Waals surface area contributed by atoms with Gasteiger partial charge in [-0.3, -0.25) is 4.79 Å². The molecule has 0 rings (SSSR count). The van der Waals surface area contributed by atoms with Crippen LogP contribution in [0.1, 0.15) is 258 Å². The third-order valence-corrected chi connectivity index (χ3v) is 11.3. The van der Waals surface area contributed by atoms with Crippen LogP contribution in [0.5, 0.6) is 0 Å². The van der Waals surface area contributed by atoms with Crippen molar-refractivity contribution < 1.29 is 25.2 Å². The number of hydrogen-bond acceptors (Lipinski definition) is 5. The first-order chi connectivity index (χ1) is 25.5. The van der Waals surface area contributed by atoms with E-state index in [1.807, 2.05) is 0 Å². The van der Waals surface area contributed by atoms with Gasteiger partial charge in [0.25, 0.3) is 0 Å². The van der Waals surface area contributed by atoms with Crippen LogP contribution in [0.3, 0.4) is 0 Å². The summed E-state index contributed by atoms with van der Waals surface area (Å²) in [6.45, 7) is 4.05. The topological polar surface area (TPSA) is 110 Å². The van der Waals surface area contributed by atoms with Gasteiger partial charge in [-0.1, -0.05) is 245 Å². The second-order valence-electron chi connectivity index (χ2n) is 16.5. The highest BCUT2D eigenvalue weighted by molar-refractivity contribution is 5.80. The highest BCUT2D eigenvalue weighted by Crippen LogP contribution is 2.18. The Labute approximate surface area is 324 Å². The summed E-state index contributed by atoms with van der Waals surface area (Å²) in [5.41, 5.74) is 0. The standard InChI is InChI=1S/C46H93NO5/c1-3-5-7-9-11-13-15-16-17-18-19-20-21-22-23-24-25-26-27-28-30-31-33-35-37-39-43(49)45(51)42(41-48)47-46(52)44(50)40-38-36-34-32-29-14-12-10-8-6-4-2/h42-45,48-51H,3-41H2,1-2H3,(H,47,52). The van der Waals surface area contributed by atoms with E-state index in [-0.39, 0.29) is 0 Å². The lowest BCUT2D eigenvalue weighted by Crippen LogP contribution is -2.53. The van der Waals surface area contributed by atoms with Gasteiger partial charge in [-0.25, -0.2) is 0 Å². The second-order valence-corrected chi connectivity index (χ2v) is 16.5. The van der Waals surface area contributed by atoms with Gasteiger partial charge in [0.05, 0.1) is 18.8 Å². The molecule has 5 N–H and O–H groups in total. The van der Waals surface area contributed by atoms with Gasteiger partial charge >= 0.3 is 0 Å². The largest absolute Gasteiger partial charge is 0.394 e. The summed E-state index contributed by atoms with van der Waals surface area (Å²) in [4.78, 5) is 12.5. The Morgan fingerprint density at radius 1 is 0.404 bits per heavy atom. The van der Waals surface area contributed by atoms with Gasteiger partial charge in [0.2, 0.25) is 5.91 Å². The van der Waals surface area contributed by atoms with Crippen LogP contribution in [0.2, 0.25) is 0 Å². The minimum atomic E-state index is -1.25. The van der Waals surface area contributed by atoms with Gasteiger partial charge in [-0.05, 0) is 12.8 Å². The van der Waals surface area contributed by atoms with E-state index in [1.54, 1.807) is 0 Å². The number of nitrogens with one attached hydrogen (secondary N) is 1. The van der Waals surface area contributed by atoms with Gasteiger partial charge in [0.15, 0.2) is 0 Å². The Morgan fingerprint density at radius 3 is 0.923 bits per heavy atom. The van der Waals surface area contributed by atoms with Crippen molar-refractivity contribution in [2.24, 2.45) is 0 Å². The smallest absolute Gasteiger partial charge is 0.249 e. The van der Waals surface area contributed by atoms with Crippen molar-refractivity contribution >= 4 is 5.91 Å². The molecule has 1 amide bonds. The molecule has 0 spiro atoms. The fourth-order valence-electron chi connectivity index (χ4n) is 7.58. The van der Waals surface area contributed by atoms with Gasteiger partial charge in [-0.15, -0.1) is 0 Å². The zero-order valence-corrected chi connectivity index (χ0v) is 35.1. The van der Waals surface area contributed by atoms with Gasteiger partial charge in [0, 0.05) is 0 Å². The molecule has 0 aliphatic carbocycles. The first kappa shape index (κ1) is 51.3. The molecule has 0 bridgehead atoms. The molecular weight excluding hydrogens is 647 g/mol. The predicted octanol–water partition coefficient (Wildman–Crippen LogP) is 12.4. The third-order valence-electron chi connectivity index (χ3n) is 11.3. The molecule has 4 atom stereocenters. The number of aliphatic hydroxyl groups is 4. The molecule has 4 unspecified atom stereocenters. The Hall–Kier alpha value is -0.690.